The molecule has 0 aliphatic carbocycles. The molecule has 0 spiro atoms. The second kappa shape index (κ2) is 10.6. The lowest BCUT2D eigenvalue weighted by Crippen LogP contribution is -2.52. The molecule has 2 aromatic carbocycles. The van der Waals surface area contributed by atoms with Crippen LogP contribution in [0.15, 0.2) is 37.1 Å². The van der Waals surface area contributed by atoms with E-state index in [2.05, 4.69) is 27.2 Å². The van der Waals surface area contributed by atoms with Gasteiger partial charge in [0.15, 0.2) is 0 Å². The van der Waals surface area contributed by atoms with Crippen molar-refractivity contribution in [3.63, 3.8) is 0 Å². The Morgan fingerprint density at radius 1 is 1.23 bits per heavy atom. The summed E-state index contributed by atoms with van der Waals surface area (Å²) in [5.41, 5.74) is 0.766. The molecule has 0 bridgehead atoms. The normalized spacial score (nSPS) is 17.6. The lowest BCUT2D eigenvalue weighted by molar-refractivity contribution is -0.117. The van der Waals surface area contributed by atoms with Crippen molar-refractivity contribution in [2.45, 2.75) is 18.5 Å². The van der Waals surface area contributed by atoms with Gasteiger partial charge in [0.2, 0.25) is 11.9 Å². The van der Waals surface area contributed by atoms with E-state index < -0.39 is 5.82 Å². The van der Waals surface area contributed by atoms with Crippen molar-refractivity contribution in [1.82, 2.24) is 15.3 Å². The van der Waals surface area contributed by atoms with Crippen molar-refractivity contribution in [2.24, 2.45) is 0 Å². The highest BCUT2D eigenvalue weighted by atomic mass is 35.5. The maximum Gasteiger partial charge on any atom is 0.243 e. The van der Waals surface area contributed by atoms with Crippen LogP contribution in [-0.2, 0) is 9.53 Å². The largest absolute Gasteiger partial charge is 0.495 e. The molecule has 1 saturated heterocycles. The monoisotopic (exact) mass is 520 g/mol. The van der Waals surface area contributed by atoms with Gasteiger partial charge in [-0.25, -0.2) is 14.4 Å². The minimum absolute atomic E-state index is 0.153. The Kier molecular flexibility index (Phi) is 7.59. The van der Waals surface area contributed by atoms with E-state index >= 15 is 4.39 Å². The molecule has 1 amide bonds. The SMILES string of the molecule is C=CC(=O)N[C@H]1CCOC[C@H]1Nc1ncc2c(F)c(-c3c(Cl)c(OC)cc(OC)c3Cl)ccc2n1. The Balaban J connectivity index is 1.69. The molecule has 11 heteroatoms. The highest BCUT2D eigenvalue weighted by molar-refractivity contribution is 6.41. The first-order valence-electron chi connectivity index (χ1n) is 10.7. The van der Waals surface area contributed by atoms with Crippen LogP contribution in [0.1, 0.15) is 6.42 Å². The first-order chi connectivity index (χ1) is 16.9. The fourth-order valence-corrected chi connectivity index (χ4v) is 4.62. The number of benzene rings is 2. The highest BCUT2D eigenvalue weighted by Crippen LogP contribution is 2.47. The van der Waals surface area contributed by atoms with E-state index in [0.29, 0.717) is 36.7 Å². The summed E-state index contributed by atoms with van der Waals surface area (Å²) in [6.07, 6.45) is 3.22. The predicted octanol–water partition coefficient (Wildman–Crippen LogP) is 4.63. The van der Waals surface area contributed by atoms with Gasteiger partial charge in [0.25, 0.3) is 0 Å². The van der Waals surface area contributed by atoms with Crippen molar-refractivity contribution in [1.29, 1.82) is 0 Å². The standard InChI is InChI=1S/C24H23Cl2FN4O4/c1-4-19(32)29-15-7-8-35-11-16(15)31-24-28-10-13-14(30-24)6-5-12(23(13)27)20-21(25)17(33-2)9-18(34-3)22(20)26/h4-6,9-10,15-16H,1,7-8,11H2,2-3H3,(H,29,32)(H,28,30,31)/t15-,16+/m0/s1. The van der Waals surface area contributed by atoms with Gasteiger partial charge in [0, 0.05) is 30.0 Å². The molecular formula is C24H23Cl2FN4O4. The molecule has 1 aromatic heterocycles. The predicted molar refractivity (Wildman–Crippen MR) is 133 cm³/mol. The van der Waals surface area contributed by atoms with Crippen LogP contribution in [0, 0.1) is 5.82 Å². The number of carbonyl (C=O) groups excluding carboxylic acids is 1. The van der Waals surface area contributed by atoms with Crippen molar-refractivity contribution in [3.05, 3.63) is 52.9 Å². The number of hydrogen-bond donors (Lipinski definition) is 2. The molecule has 0 radical (unpaired) electrons. The van der Waals surface area contributed by atoms with Crippen molar-refractivity contribution >= 4 is 46.0 Å². The Morgan fingerprint density at radius 2 is 1.94 bits per heavy atom. The molecule has 2 atom stereocenters. The third-order valence-corrected chi connectivity index (χ3v) is 6.48. The topological polar surface area (TPSA) is 94.6 Å². The summed E-state index contributed by atoms with van der Waals surface area (Å²) in [6, 6.07) is 4.26. The zero-order valence-electron chi connectivity index (χ0n) is 19.0. The average Bonchev–Trinajstić information content (AvgIpc) is 2.86. The van der Waals surface area contributed by atoms with Crippen LogP contribution in [0.4, 0.5) is 10.3 Å². The molecule has 1 aliphatic heterocycles. The van der Waals surface area contributed by atoms with Gasteiger partial charge in [0.1, 0.15) is 17.3 Å². The molecule has 8 nitrogen and oxygen atoms in total. The number of hydrogen-bond acceptors (Lipinski definition) is 7. The number of methoxy groups -OCH3 is 2. The van der Waals surface area contributed by atoms with E-state index in [1.54, 1.807) is 6.07 Å². The molecule has 184 valence electrons. The third-order valence-electron chi connectivity index (χ3n) is 5.73. The molecule has 35 heavy (non-hydrogen) atoms. The molecule has 1 fully saturated rings. The summed E-state index contributed by atoms with van der Waals surface area (Å²) in [4.78, 5) is 20.5. The number of halogens is 3. The third kappa shape index (κ3) is 4.98. The smallest absolute Gasteiger partial charge is 0.243 e. The average molecular weight is 521 g/mol. The number of ether oxygens (including phenoxy) is 3. The van der Waals surface area contributed by atoms with Gasteiger partial charge in [-0.15, -0.1) is 0 Å². The number of rotatable bonds is 7. The number of nitrogens with one attached hydrogen (secondary N) is 2. The zero-order valence-corrected chi connectivity index (χ0v) is 20.5. The van der Waals surface area contributed by atoms with Crippen molar-refractivity contribution < 1.29 is 23.4 Å². The van der Waals surface area contributed by atoms with Gasteiger partial charge >= 0.3 is 0 Å². The number of anilines is 1. The van der Waals surface area contributed by atoms with Crippen LogP contribution >= 0.6 is 23.2 Å². The number of nitrogens with zero attached hydrogens (tertiary/aromatic N) is 2. The second-order valence-corrected chi connectivity index (χ2v) is 8.53. The molecule has 0 unspecified atom stereocenters. The van der Waals surface area contributed by atoms with Gasteiger partial charge in [0.05, 0.1) is 53.9 Å². The maximum absolute atomic E-state index is 15.6. The van der Waals surface area contributed by atoms with Gasteiger partial charge in [-0.05, 0) is 24.6 Å². The van der Waals surface area contributed by atoms with E-state index in [0.717, 1.165) is 0 Å². The molecule has 2 heterocycles. The van der Waals surface area contributed by atoms with Crippen LogP contribution < -0.4 is 20.1 Å². The second-order valence-electron chi connectivity index (χ2n) is 7.77. The lowest BCUT2D eigenvalue weighted by Gasteiger charge is -2.32. The summed E-state index contributed by atoms with van der Waals surface area (Å²) in [5.74, 6) is 0.00337. The quantitative estimate of drug-likeness (QED) is 0.438. The molecule has 1 aliphatic rings. The summed E-state index contributed by atoms with van der Waals surface area (Å²) < 4.78 is 31.8. The fourth-order valence-electron chi connectivity index (χ4n) is 3.92. The zero-order chi connectivity index (χ0) is 25.1. The first kappa shape index (κ1) is 25.0. The van der Waals surface area contributed by atoms with Crippen LogP contribution in [0.3, 0.4) is 0 Å². The van der Waals surface area contributed by atoms with E-state index in [1.165, 1.54) is 38.6 Å². The van der Waals surface area contributed by atoms with Crippen LogP contribution in [0.5, 0.6) is 11.5 Å². The number of fused-ring (bicyclic) bond motifs is 1. The van der Waals surface area contributed by atoms with Gasteiger partial charge in [-0.3, -0.25) is 4.79 Å². The first-order valence-corrected chi connectivity index (χ1v) is 11.5. The van der Waals surface area contributed by atoms with E-state index in [-0.39, 0.29) is 50.5 Å². The minimum Gasteiger partial charge on any atom is -0.495 e. The van der Waals surface area contributed by atoms with Gasteiger partial charge < -0.3 is 24.8 Å². The van der Waals surface area contributed by atoms with Crippen molar-refractivity contribution in [2.75, 3.05) is 32.8 Å². The molecule has 2 N–H and O–H groups in total. The molecule has 4 rings (SSSR count). The number of aromatic nitrogens is 2. The summed E-state index contributed by atoms with van der Waals surface area (Å²) in [6.45, 7) is 4.36. The molecular weight excluding hydrogens is 498 g/mol. The van der Waals surface area contributed by atoms with Crippen molar-refractivity contribution in [3.8, 4) is 22.6 Å². The van der Waals surface area contributed by atoms with E-state index in [9.17, 15) is 4.79 Å². The number of carbonyl (C=O) groups is 1. The van der Waals surface area contributed by atoms with E-state index in [1.807, 2.05) is 0 Å². The Hall–Kier alpha value is -3.14. The Morgan fingerprint density at radius 3 is 2.60 bits per heavy atom. The fraction of sp³-hybridized carbons (Fsp3) is 0.292. The van der Waals surface area contributed by atoms with E-state index in [4.69, 9.17) is 37.4 Å². The Bertz CT molecular complexity index is 1260. The van der Waals surface area contributed by atoms with Gasteiger partial charge in [-0.1, -0.05) is 29.8 Å². The van der Waals surface area contributed by atoms with Gasteiger partial charge in [-0.2, -0.15) is 0 Å². The summed E-state index contributed by atoms with van der Waals surface area (Å²) in [5, 5.41) is 6.54. The number of amides is 1. The minimum atomic E-state index is -0.592. The summed E-state index contributed by atoms with van der Waals surface area (Å²) in [7, 11) is 2.89. The van der Waals surface area contributed by atoms with Crippen LogP contribution in [0.2, 0.25) is 10.0 Å². The molecule has 3 aromatic rings. The lowest BCUT2D eigenvalue weighted by atomic mass is 10.0. The van der Waals surface area contributed by atoms with Crippen LogP contribution in [-0.4, -0.2) is 55.4 Å². The summed E-state index contributed by atoms with van der Waals surface area (Å²) >= 11 is 12.9. The highest BCUT2D eigenvalue weighted by Gasteiger charge is 2.28. The maximum atomic E-state index is 15.6. The Labute approximate surface area is 211 Å². The molecule has 0 saturated carbocycles. The van der Waals surface area contributed by atoms with Crippen LogP contribution in [0.25, 0.3) is 22.0 Å².